The van der Waals surface area contributed by atoms with E-state index in [1.54, 1.807) is 32.4 Å². The minimum absolute atomic E-state index is 0.0804. The van der Waals surface area contributed by atoms with Gasteiger partial charge >= 0.3 is 5.76 Å². The molecule has 150 valence electrons. The second-order valence-electron chi connectivity index (χ2n) is 7.34. The zero-order chi connectivity index (χ0) is 20.7. The third-order valence-electron chi connectivity index (χ3n) is 5.24. The summed E-state index contributed by atoms with van der Waals surface area (Å²) in [5, 5.41) is 4.15. The molecule has 1 N–H and O–H groups in total. The molecule has 0 aliphatic rings. The van der Waals surface area contributed by atoms with Crippen molar-refractivity contribution < 1.29 is 13.9 Å². The number of fused-ring (bicyclic) bond motifs is 2. The van der Waals surface area contributed by atoms with Crippen LogP contribution in [0.25, 0.3) is 22.0 Å². The molecule has 0 aliphatic carbocycles. The van der Waals surface area contributed by atoms with Crippen LogP contribution in [0.2, 0.25) is 0 Å². The van der Waals surface area contributed by atoms with Gasteiger partial charge in [0.1, 0.15) is 5.75 Å². The van der Waals surface area contributed by atoms with Gasteiger partial charge in [0.25, 0.3) is 5.91 Å². The van der Waals surface area contributed by atoms with E-state index in [1.807, 2.05) is 32.2 Å². The lowest BCUT2D eigenvalue weighted by Crippen LogP contribution is -2.34. The lowest BCUT2D eigenvalue weighted by Gasteiger charge is -2.14. The van der Waals surface area contributed by atoms with E-state index in [0.29, 0.717) is 23.1 Å². The van der Waals surface area contributed by atoms with E-state index in [-0.39, 0.29) is 11.9 Å². The van der Waals surface area contributed by atoms with Crippen molar-refractivity contribution in [2.45, 2.75) is 19.4 Å². The molecule has 0 saturated carbocycles. The van der Waals surface area contributed by atoms with Crippen LogP contribution in [0.4, 0.5) is 0 Å². The van der Waals surface area contributed by atoms with Gasteiger partial charge in [-0.3, -0.25) is 9.36 Å². The molecule has 0 aliphatic heterocycles. The highest BCUT2D eigenvalue weighted by Crippen LogP contribution is 2.26. The van der Waals surface area contributed by atoms with Crippen LogP contribution in [-0.2, 0) is 20.5 Å². The van der Waals surface area contributed by atoms with E-state index in [9.17, 15) is 9.59 Å². The Bertz CT molecular complexity index is 1280. The van der Waals surface area contributed by atoms with Crippen molar-refractivity contribution in [2.75, 3.05) is 7.11 Å². The molecule has 1 amide bonds. The van der Waals surface area contributed by atoms with E-state index in [0.717, 1.165) is 22.2 Å². The van der Waals surface area contributed by atoms with Gasteiger partial charge in [0, 0.05) is 42.8 Å². The molecule has 1 atom stereocenters. The van der Waals surface area contributed by atoms with Crippen LogP contribution in [0.5, 0.6) is 5.75 Å². The third kappa shape index (κ3) is 3.40. The summed E-state index contributed by atoms with van der Waals surface area (Å²) < 4.78 is 13.9. The minimum Gasteiger partial charge on any atom is -0.497 e. The molecular formula is C22H23N3O4. The van der Waals surface area contributed by atoms with Crippen molar-refractivity contribution in [3.8, 4) is 5.75 Å². The number of amides is 1. The molecule has 2 aromatic heterocycles. The summed E-state index contributed by atoms with van der Waals surface area (Å²) in [7, 11) is 5.28. The van der Waals surface area contributed by atoms with Crippen molar-refractivity contribution in [3.63, 3.8) is 0 Å². The number of oxazole rings is 1. The first-order chi connectivity index (χ1) is 13.9. The number of nitrogens with zero attached hydrogens (tertiary/aromatic N) is 2. The molecule has 1 unspecified atom stereocenters. The highest BCUT2D eigenvalue weighted by atomic mass is 16.5. The minimum atomic E-state index is -0.447. The van der Waals surface area contributed by atoms with Crippen LogP contribution in [0.15, 0.2) is 51.8 Å². The smallest absolute Gasteiger partial charge is 0.419 e. The van der Waals surface area contributed by atoms with Crippen LogP contribution < -0.4 is 15.8 Å². The Labute approximate surface area is 167 Å². The van der Waals surface area contributed by atoms with Gasteiger partial charge in [0.15, 0.2) is 5.58 Å². The van der Waals surface area contributed by atoms with Crippen molar-refractivity contribution in [1.82, 2.24) is 14.5 Å². The number of benzene rings is 2. The Hall–Kier alpha value is -3.48. The Balaban J connectivity index is 1.54. The molecule has 4 rings (SSSR count). The normalized spacial score (nSPS) is 12.4. The van der Waals surface area contributed by atoms with Gasteiger partial charge in [0.05, 0.1) is 12.6 Å². The number of carbonyl (C=O) groups is 1. The SMILES string of the molecule is COc1ccc2c(c1)c(CC(C)NC(=O)c1ccc3oc(=O)n(C)c3c1)cn2C. The van der Waals surface area contributed by atoms with E-state index in [4.69, 9.17) is 9.15 Å². The number of carbonyl (C=O) groups excluding carboxylic acids is 1. The van der Waals surface area contributed by atoms with Crippen LogP contribution in [-0.4, -0.2) is 28.2 Å². The monoisotopic (exact) mass is 393 g/mol. The van der Waals surface area contributed by atoms with E-state index < -0.39 is 5.76 Å². The second-order valence-corrected chi connectivity index (χ2v) is 7.34. The van der Waals surface area contributed by atoms with E-state index >= 15 is 0 Å². The Morgan fingerprint density at radius 3 is 2.72 bits per heavy atom. The molecule has 4 aromatic rings. The lowest BCUT2D eigenvalue weighted by molar-refractivity contribution is 0.0940. The van der Waals surface area contributed by atoms with Crippen LogP contribution in [0.1, 0.15) is 22.8 Å². The highest BCUT2D eigenvalue weighted by molar-refractivity contribution is 5.97. The predicted molar refractivity (Wildman–Crippen MR) is 112 cm³/mol. The Morgan fingerprint density at radius 2 is 1.97 bits per heavy atom. The average Bonchev–Trinajstić information content (AvgIpc) is 3.17. The number of nitrogens with one attached hydrogen (secondary N) is 1. The van der Waals surface area contributed by atoms with Gasteiger partial charge in [-0.2, -0.15) is 0 Å². The quantitative estimate of drug-likeness (QED) is 0.565. The maximum Gasteiger partial charge on any atom is 0.419 e. The maximum absolute atomic E-state index is 12.7. The highest BCUT2D eigenvalue weighted by Gasteiger charge is 2.16. The first-order valence-electron chi connectivity index (χ1n) is 9.39. The van der Waals surface area contributed by atoms with Crippen molar-refractivity contribution in [2.24, 2.45) is 14.1 Å². The summed E-state index contributed by atoms with van der Waals surface area (Å²) in [6.07, 6.45) is 2.77. The molecule has 29 heavy (non-hydrogen) atoms. The van der Waals surface area contributed by atoms with Gasteiger partial charge in [-0.1, -0.05) is 0 Å². The second kappa shape index (κ2) is 7.16. The molecule has 7 heteroatoms. The number of hydrogen-bond donors (Lipinski definition) is 1. The van der Waals surface area contributed by atoms with Crippen molar-refractivity contribution >= 4 is 27.9 Å². The first kappa shape index (κ1) is 18.9. The molecule has 0 radical (unpaired) electrons. The molecular weight excluding hydrogens is 370 g/mol. The number of methoxy groups -OCH3 is 1. The molecule has 0 spiro atoms. The fraction of sp³-hybridized carbons (Fsp3) is 0.273. The zero-order valence-electron chi connectivity index (χ0n) is 16.9. The molecule has 2 aromatic carbocycles. The number of aromatic nitrogens is 2. The number of rotatable bonds is 5. The van der Waals surface area contributed by atoms with Crippen molar-refractivity contribution in [3.05, 3.63) is 64.3 Å². The fourth-order valence-electron chi connectivity index (χ4n) is 3.70. The average molecular weight is 393 g/mol. The van der Waals surface area contributed by atoms with E-state index in [1.165, 1.54) is 4.57 Å². The van der Waals surface area contributed by atoms with Crippen LogP contribution in [0, 0.1) is 0 Å². The summed E-state index contributed by atoms with van der Waals surface area (Å²) >= 11 is 0. The number of hydrogen-bond acceptors (Lipinski definition) is 4. The Morgan fingerprint density at radius 1 is 1.17 bits per heavy atom. The van der Waals surface area contributed by atoms with E-state index in [2.05, 4.69) is 16.1 Å². The Kier molecular flexibility index (Phi) is 4.66. The maximum atomic E-state index is 12.7. The topological polar surface area (TPSA) is 78.4 Å². The van der Waals surface area contributed by atoms with Crippen LogP contribution in [0.3, 0.4) is 0 Å². The van der Waals surface area contributed by atoms with Gasteiger partial charge in [-0.15, -0.1) is 0 Å². The lowest BCUT2D eigenvalue weighted by atomic mass is 10.1. The summed E-state index contributed by atoms with van der Waals surface area (Å²) in [5.41, 5.74) is 3.80. The van der Waals surface area contributed by atoms with Gasteiger partial charge in [-0.25, -0.2) is 4.79 Å². The zero-order valence-corrected chi connectivity index (χ0v) is 16.9. The summed E-state index contributed by atoms with van der Waals surface area (Å²) in [4.78, 5) is 24.4. The molecule has 2 heterocycles. The van der Waals surface area contributed by atoms with Gasteiger partial charge in [-0.05, 0) is 55.3 Å². The summed E-state index contributed by atoms with van der Waals surface area (Å²) in [6.45, 7) is 1.98. The number of aryl methyl sites for hydroxylation is 2. The predicted octanol–water partition coefficient (Wildman–Crippen LogP) is 2.99. The largest absolute Gasteiger partial charge is 0.497 e. The standard InChI is InChI=1S/C22H23N3O4/c1-13(9-15-12-24(2)18-7-6-16(28-4)11-17(15)18)23-21(26)14-5-8-20-19(10-14)25(3)22(27)29-20/h5-8,10-13H,9H2,1-4H3,(H,23,26). The third-order valence-corrected chi connectivity index (χ3v) is 5.24. The van der Waals surface area contributed by atoms with Crippen molar-refractivity contribution in [1.29, 1.82) is 0 Å². The molecule has 0 fully saturated rings. The van der Waals surface area contributed by atoms with Gasteiger partial charge in [0.2, 0.25) is 0 Å². The molecule has 0 saturated heterocycles. The number of ether oxygens (including phenoxy) is 1. The molecule has 7 nitrogen and oxygen atoms in total. The van der Waals surface area contributed by atoms with Gasteiger partial charge < -0.3 is 19.0 Å². The fourth-order valence-corrected chi connectivity index (χ4v) is 3.70. The van der Waals surface area contributed by atoms with Crippen LogP contribution >= 0.6 is 0 Å². The summed E-state index contributed by atoms with van der Waals surface area (Å²) in [6, 6.07) is 10.9. The first-order valence-corrected chi connectivity index (χ1v) is 9.39. The molecule has 0 bridgehead atoms. The summed E-state index contributed by atoms with van der Waals surface area (Å²) in [5.74, 6) is 0.170.